The summed E-state index contributed by atoms with van der Waals surface area (Å²) in [7, 11) is -0.467. The molecule has 3 nitrogen and oxygen atoms in total. The number of thiol groups is 1. The second kappa shape index (κ2) is 5.88. The highest BCUT2D eigenvalue weighted by Gasteiger charge is 2.52. The van der Waals surface area contributed by atoms with Gasteiger partial charge in [-0.3, -0.25) is 0 Å². The highest BCUT2D eigenvalue weighted by atomic mass is 35.5. The van der Waals surface area contributed by atoms with Crippen LogP contribution in [0.4, 0.5) is 0 Å². The number of halogens is 1. The van der Waals surface area contributed by atoms with Crippen LogP contribution in [0.15, 0.2) is 23.7 Å². The molecule has 0 aliphatic carbocycles. The average Bonchev–Trinajstić information content (AvgIpc) is 2.59. The van der Waals surface area contributed by atoms with Crippen molar-refractivity contribution in [2.45, 2.75) is 38.9 Å². The van der Waals surface area contributed by atoms with Crippen molar-refractivity contribution in [1.29, 1.82) is 0 Å². The summed E-state index contributed by atoms with van der Waals surface area (Å²) in [5.74, 6) is 0.640. The Morgan fingerprint density at radius 1 is 1.29 bits per heavy atom. The van der Waals surface area contributed by atoms with Gasteiger partial charge in [-0.05, 0) is 56.9 Å². The Morgan fingerprint density at radius 2 is 1.86 bits per heavy atom. The van der Waals surface area contributed by atoms with Gasteiger partial charge >= 0.3 is 7.12 Å². The zero-order chi connectivity index (χ0) is 15.8. The fourth-order valence-corrected chi connectivity index (χ4v) is 2.44. The molecule has 1 saturated heterocycles. The molecule has 1 N–H and O–H groups in total. The molecule has 0 unspecified atom stereocenters. The third-order valence-electron chi connectivity index (χ3n) is 4.06. The molecule has 0 spiro atoms. The van der Waals surface area contributed by atoms with Crippen LogP contribution in [0.1, 0.15) is 33.3 Å². The lowest BCUT2D eigenvalue weighted by Gasteiger charge is -2.32. The van der Waals surface area contributed by atoms with Gasteiger partial charge in [-0.1, -0.05) is 17.7 Å². The van der Waals surface area contributed by atoms with Gasteiger partial charge in [-0.25, -0.2) is 0 Å². The van der Waals surface area contributed by atoms with E-state index >= 15 is 0 Å². The van der Waals surface area contributed by atoms with E-state index in [1.54, 1.807) is 18.2 Å². The standard InChI is InChI=1S/C15H20BClO3S/c1-14(2)15(3,4)20-16(19-14)11(9-21)7-10-8-12(18)5-6-13(10)17/h5-8,18,21H,9H2,1-4H3. The Labute approximate surface area is 136 Å². The molecule has 21 heavy (non-hydrogen) atoms. The fourth-order valence-electron chi connectivity index (χ4n) is 2.02. The molecule has 0 amide bonds. The molecular formula is C15H20BClO3S. The molecule has 0 aromatic heterocycles. The number of benzene rings is 1. The summed E-state index contributed by atoms with van der Waals surface area (Å²) in [6, 6.07) is 4.81. The van der Waals surface area contributed by atoms with E-state index in [0.717, 1.165) is 11.0 Å². The smallest absolute Gasteiger partial charge is 0.491 e. The predicted molar refractivity (Wildman–Crippen MR) is 91.0 cm³/mol. The van der Waals surface area contributed by atoms with Crippen molar-refractivity contribution in [3.05, 3.63) is 34.3 Å². The van der Waals surface area contributed by atoms with Gasteiger partial charge in [0.1, 0.15) is 5.75 Å². The topological polar surface area (TPSA) is 38.7 Å². The molecule has 1 aliphatic rings. The Hall–Kier alpha value is -0.615. The summed E-state index contributed by atoms with van der Waals surface area (Å²) in [6.07, 6.45) is 1.86. The van der Waals surface area contributed by atoms with Crippen LogP contribution in [0.25, 0.3) is 6.08 Å². The van der Waals surface area contributed by atoms with E-state index in [2.05, 4.69) is 12.6 Å². The maximum absolute atomic E-state index is 9.59. The molecule has 6 heteroatoms. The zero-order valence-corrected chi connectivity index (χ0v) is 14.3. The van der Waals surface area contributed by atoms with E-state index in [-0.39, 0.29) is 5.75 Å². The van der Waals surface area contributed by atoms with Crippen molar-refractivity contribution in [3.8, 4) is 5.75 Å². The summed E-state index contributed by atoms with van der Waals surface area (Å²) < 4.78 is 12.0. The van der Waals surface area contributed by atoms with E-state index in [1.807, 2.05) is 33.8 Å². The maximum atomic E-state index is 9.59. The monoisotopic (exact) mass is 326 g/mol. The highest BCUT2D eigenvalue weighted by Crippen LogP contribution is 2.39. The molecule has 1 aromatic rings. The minimum absolute atomic E-state index is 0.165. The van der Waals surface area contributed by atoms with Gasteiger partial charge in [0.05, 0.1) is 11.2 Å². The molecule has 1 aliphatic heterocycles. The first-order chi connectivity index (χ1) is 9.66. The Kier molecular flexibility index (Phi) is 4.69. The van der Waals surface area contributed by atoms with Crippen LogP contribution < -0.4 is 0 Å². The lowest BCUT2D eigenvalue weighted by atomic mass is 9.78. The van der Waals surface area contributed by atoms with Gasteiger partial charge in [0, 0.05) is 10.8 Å². The quantitative estimate of drug-likeness (QED) is 0.651. The normalized spacial score (nSPS) is 20.9. The van der Waals surface area contributed by atoms with Crippen LogP contribution in [0.3, 0.4) is 0 Å². The van der Waals surface area contributed by atoms with Gasteiger partial charge < -0.3 is 14.4 Å². The van der Waals surface area contributed by atoms with E-state index in [1.165, 1.54) is 0 Å². The first kappa shape index (κ1) is 16.8. The Balaban J connectivity index is 2.33. The van der Waals surface area contributed by atoms with E-state index in [9.17, 15) is 5.11 Å². The van der Waals surface area contributed by atoms with Crippen molar-refractivity contribution in [3.63, 3.8) is 0 Å². The van der Waals surface area contributed by atoms with Crippen LogP contribution in [-0.2, 0) is 9.31 Å². The number of phenolic OH excluding ortho intramolecular Hbond substituents is 1. The molecule has 0 atom stereocenters. The molecule has 2 rings (SSSR count). The Morgan fingerprint density at radius 3 is 2.38 bits per heavy atom. The van der Waals surface area contributed by atoms with Crippen LogP contribution >= 0.6 is 24.2 Å². The van der Waals surface area contributed by atoms with Gasteiger partial charge in [0.25, 0.3) is 0 Å². The minimum Gasteiger partial charge on any atom is -0.508 e. The Bertz CT molecular complexity index is 556. The number of aromatic hydroxyl groups is 1. The first-order valence-corrected chi connectivity index (χ1v) is 7.83. The summed E-state index contributed by atoms with van der Waals surface area (Å²) in [6.45, 7) is 8.02. The van der Waals surface area contributed by atoms with Crippen LogP contribution in [0, 0.1) is 0 Å². The first-order valence-electron chi connectivity index (χ1n) is 6.82. The SMILES string of the molecule is CC1(C)OB(C(=Cc2cc(O)ccc2Cl)CS)OC1(C)C. The largest absolute Gasteiger partial charge is 0.508 e. The molecule has 1 heterocycles. The molecule has 0 radical (unpaired) electrons. The maximum Gasteiger partial charge on any atom is 0.491 e. The highest BCUT2D eigenvalue weighted by molar-refractivity contribution is 7.80. The van der Waals surface area contributed by atoms with Gasteiger partial charge in [-0.15, -0.1) is 0 Å². The third-order valence-corrected chi connectivity index (χ3v) is 4.77. The second-order valence-corrected chi connectivity index (χ2v) is 6.89. The van der Waals surface area contributed by atoms with Gasteiger partial charge in [0.2, 0.25) is 0 Å². The van der Waals surface area contributed by atoms with Gasteiger partial charge in [0.15, 0.2) is 0 Å². The van der Waals surface area contributed by atoms with Crippen LogP contribution in [0.5, 0.6) is 5.75 Å². The zero-order valence-electron chi connectivity index (χ0n) is 12.7. The molecular weight excluding hydrogens is 306 g/mol. The molecule has 114 valence electrons. The fraction of sp³-hybridized carbons (Fsp3) is 0.467. The summed E-state index contributed by atoms with van der Waals surface area (Å²) in [5.41, 5.74) is 0.782. The van der Waals surface area contributed by atoms with Crippen molar-refractivity contribution in [1.82, 2.24) is 0 Å². The molecule has 0 bridgehead atoms. The number of rotatable bonds is 3. The predicted octanol–water partition coefficient (Wildman–Crippen LogP) is 3.99. The summed E-state index contributed by atoms with van der Waals surface area (Å²) in [4.78, 5) is 0. The molecule has 0 saturated carbocycles. The second-order valence-electron chi connectivity index (χ2n) is 6.17. The third kappa shape index (κ3) is 3.42. The van der Waals surface area contributed by atoms with Crippen LogP contribution in [-0.4, -0.2) is 29.2 Å². The molecule has 1 fully saturated rings. The lowest BCUT2D eigenvalue weighted by molar-refractivity contribution is 0.00578. The lowest BCUT2D eigenvalue weighted by Crippen LogP contribution is -2.41. The van der Waals surface area contributed by atoms with Crippen molar-refractivity contribution in [2.75, 3.05) is 5.75 Å². The number of hydrogen-bond donors (Lipinski definition) is 2. The van der Waals surface area contributed by atoms with Gasteiger partial charge in [-0.2, -0.15) is 12.6 Å². The number of hydrogen-bond acceptors (Lipinski definition) is 4. The van der Waals surface area contributed by atoms with Crippen LogP contribution in [0.2, 0.25) is 5.02 Å². The molecule has 1 aromatic carbocycles. The summed E-state index contributed by atoms with van der Waals surface area (Å²) in [5, 5.41) is 10.1. The minimum atomic E-state index is -0.467. The van der Waals surface area contributed by atoms with E-state index < -0.39 is 18.3 Å². The van der Waals surface area contributed by atoms with Crippen molar-refractivity contribution >= 4 is 37.4 Å². The number of phenols is 1. The van der Waals surface area contributed by atoms with E-state index in [4.69, 9.17) is 20.9 Å². The summed E-state index contributed by atoms with van der Waals surface area (Å²) >= 11 is 10.5. The average molecular weight is 327 g/mol. The van der Waals surface area contributed by atoms with Crippen molar-refractivity contribution in [2.24, 2.45) is 0 Å². The van der Waals surface area contributed by atoms with Crippen molar-refractivity contribution < 1.29 is 14.4 Å². The van der Waals surface area contributed by atoms with E-state index in [0.29, 0.717) is 10.8 Å².